The van der Waals surface area contributed by atoms with Crippen molar-refractivity contribution >= 4 is 18.0 Å². The minimum Gasteiger partial charge on any atom is -0.493 e. The zero-order valence-electron chi connectivity index (χ0n) is 16.8. The van der Waals surface area contributed by atoms with Gasteiger partial charge < -0.3 is 14.2 Å². The predicted octanol–water partition coefficient (Wildman–Crippen LogP) is 3.54. The molecule has 27 heavy (non-hydrogen) atoms. The van der Waals surface area contributed by atoms with Crippen LogP contribution in [0.25, 0.3) is 6.08 Å². The van der Waals surface area contributed by atoms with Crippen molar-refractivity contribution in [2.45, 2.75) is 53.4 Å². The summed E-state index contributed by atoms with van der Waals surface area (Å²) in [6.45, 7) is 12.5. The summed E-state index contributed by atoms with van der Waals surface area (Å²) in [6, 6.07) is 5.64. The molecular weight excluding hydrogens is 346 g/mol. The maximum atomic E-state index is 12.2. The molecule has 6 heteroatoms. The van der Waals surface area contributed by atoms with Crippen LogP contribution in [0.15, 0.2) is 23.8 Å². The molecule has 0 aliphatic carbocycles. The smallest absolute Gasteiger partial charge is 0.348 e. The molecular formula is C21H29NO5. The molecule has 1 aromatic rings. The van der Waals surface area contributed by atoms with Crippen LogP contribution in [0.3, 0.4) is 0 Å². The van der Waals surface area contributed by atoms with Gasteiger partial charge in [0.25, 0.3) is 5.79 Å². The Balaban J connectivity index is 2.34. The maximum Gasteiger partial charge on any atom is 0.348 e. The molecule has 0 saturated carbocycles. The number of carbonyl (C=O) groups excluding carboxylic acids is 2. The van der Waals surface area contributed by atoms with E-state index >= 15 is 0 Å². The Hall–Kier alpha value is -2.34. The van der Waals surface area contributed by atoms with E-state index in [1.807, 2.05) is 18.2 Å². The molecule has 1 heterocycles. The Labute approximate surface area is 161 Å². The van der Waals surface area contributed by atoms with E-state index in [1.54, 1.807) is 0 Å². The fourth-order valence-electron chi connectivity index (χ4n) is 2.80. The SMILES string of the molecule is CCCOc1ccc(C=C2C(=O)OC(C)(C)OC2=O)cc1CN(CC)CC. The summed E-state index contributed by atoms with van der Waals surface area (Å²) < 4.78 is 16.2. The summed E-state index contributed by atoms with van der Waals surface area (Å²) in [5, 5.41) is 0. The van der Waals surface area contributed by atoms with Crippen molar-refractivity contribution < 1.29 is 23.8 Å². The first kappa shape index (κ1) is 21.0. The molecule has 1 fully saturated rings. The van der Waals surface area contributed by atoms with E-state index in [2.05, 4.69) is 25.7 Å². The largest absolute Gasteiger partial charge is 0.493 e. The highest BCUT2D eigenvalue weighted by atomic mass is 16.7. The second-order valence-electron chi connectivity index (χ2n) is 6.91. The Bertz CT molecular complexity index is 697. The lowest BCUT2D eigenvalue weighted by Crippen LogP contribution is -2.41. The summed E-state index contributed by atoms with van der Waals surface area (Å²) >= 11 is 0. The van der Waals surface area contributed by atoms with Crippen molar-refractivity contribution in [2.75, 3.05) is 19.7 Å². The van der Waals surface area contributed by atoms with Crippen molar-refractivity contribution in [3.05, 3.63) is 34.9 Å². The average Bonchev–Trinajstić information content (AvgIpc) is 2.61. The topological polar surface area (TPSA) is 65.1 Å². The van der Waals surface area contributed by atoms with Gasteiger partial charge in [0.15, 0.2) is 0 Å². The fraction of sp³-hybridized carbons (Fsp3) is 0.524. The zero-order chi connectivity index (χ0) is 20.0. The zero-order valence-corrected chi connectivity index (χ0v) is 16.8. The third-order valence-corrected chi connectivity index (χ3v) is 4.26. The predicted molar refractivity (Wildman–Crippen MR) is 103 cm³/mol. The minimum atomic E-state index is -1.24. The molecule has 148 valence electrons. The Morgan fingerprint density at radius 3 is 2.26 bits per heavy atom. The number of hydrogen-bond donors (Lipinski definition) is 0. The van der Waals surface area contributed by atoms with Gasteiger partial charge in [-0.3, -0.25) is 4.90 Å². The molecule has 1 aliphatic heterocycles. The van der Waals surface area contributed by atoms with Crippen LogP contribution >= 0.6 is 0 Å². The summed E-state index contributed by atoms with van der Waals surface area (Å²) in [5.74, 6) is -1.77. The molecule has 0 unspecified atom stereocenters. The lowest BCUT2D eigenvalue weighted by molar-refractivity contribution is -0.222. The highest BCUT2D eigenvalue weighted by Crippen LogP contribution is 2.27. The van der Waals surface area contributed by atoms with Gasteiger partial charge >= 0.3 is 11.9 Å². The number of cyclic esters (lactones) is 2. The third kappa shape index (κ3) is 5.57. The van der Waals surface area contributed by atoms with Gasteiger partial charge in [0, 0.05) is 26.0 Å². The second kappa shape index (κ2) is 9.04. The number of ether oxygens (including phenoxy) is 3. The van der Waals surface area contributed by atoms with Gasteiger partial charge in [-0.1, -0.05) is 26.8 Å². The van der Waals surface area contributed by atoms with Gasteiger partial charge in [-0.15, -0.1) is 0 Å². The molecule has 0 bridgehead atoms. The first-order valence-electron chi connectivity index (χ1n) is 9.46. The first-order valence-corrected chi connectivity index (χ1v) is 9.46. The van der Waals surface area contributed by atoms with Crippen LogP contribution in [0.2, 0.25) is 0 Å². The Morgan fingerprint density at radius 1 is 1.07 bits per heavy atom. The second-order valence-corrected chi connectivity index (χ2v) is 6.91. The lowest BCUT2D eigenvalue weighted by atomic mass is 10.1. The third-order valence-electron chi connectivity index (χ3n) is 4.26. The Kier molecular flexibility index (Phi) is 7.02. The Morgan fingerprint density at radius 2 is 1.70 bits per heavy atom. The average molecular weight is 375 g/mol. The van der Waals surface area contributed by atoms with E-state index < -0.39 is 17.7 Å². The van der Waals surface area contributed by atoms with Crippen LogP contribution < -0.4 is 4.74 Å². The molecule has 0 radical (unpaired) electrons. The highest BCUT2D eigenvalue weighted by molar-refractivity contribution is 6.18. The number of carbonyl (C=O) groups is 2. The molecule has 1 aliphatic rings. The van der Waals surface area contributed by atoms with E-state index in [-0.39, 0.29) is 5.57 Å². The number of nitrogens with zero attached hydrogens (tertiary/aromatic N) is 1. The molecule has 1 saturated heterocycles. The maximum absolute atomic E-state index is 12.2. The van der Waals surface area contributed by atoms with Gasteiger partial charge in [0.05, 0.1) is 6.61 Å². The number of benzene rings is 1. The minimum absolute atomic E-state index is 0.106. The van der Waals surface area contributed by atoms with Crippen molar-refractivity contribution in [3.8, 4) is 5.75 Å². The number of rotatable bonds is 8. The van der Waals surface area contributed by atoms with Crippen LogP contribution in [-0.4, -0.2) is 42.3 Å². The standard InChI is InChI=1S/C21H29NO5/c1-6-11-25-18-10-9-15(12-16(18)14-22(7-2)8-3)13-17-19(23)26-21(4,5)27-20(17)24/h9-10,12-13H,6-8,11,14H2,1-5H3. The molecule has 1 aromatic carbocycles. The van der Waals surface area contributed by atoms with Gasteiger partial charge in [-0.05, 0) is 43.3 Å². The van der Waals surface area contributed by atoms with E-state index in [0.29, 0.717) is 6.61 Å². The van der Waals surface area contributed by atoms with E-state index in [0.717, 1.165) is 42.9 Å². The monoisotopic (exact) mass is 375 g/mol. The summed E-state index contributed by atoms with van der Waals surface area (Å²) in [7, 11) is 0. The van der Waals surface area contributed by atoms with Gasteiger partial charge in [0.1, 0.15) is 11.3 Å². The van der Waals surface area contributed by atoms with Crippen molar-refractivity contribution in [2.24, 2.45) is 0 Å². The number of esters is 2. The molecule has 0 atom stereocenters. The van der Waals surface area contributed by atoms with Crippen LogP contribution in [0.4, 0.5) is 0 Å². The van der Waals surface area contributed by atoms with Crippen LogP contribution in [0, 0.1) is 0 Å². The molecule has 0 amide bonds. The van der Waals surface area contributed by atoms with Crippen LogP contribution in [0.5, 0.6) is 5.75 Å². The van der Waals surface area contributed by atoms with Gasteiger partial charge in [-0.25, -0.2) is 9.59 Å². The van der Waals surface area contributed by atoms with Crippen molar-refractivity contribution in [3.63, 3.8) is 0 Å². The fourth-order valence-corrected chi connectivity index (χ4v) is 2.80. The molecule has 0 aromatic heterocycles. The van der Waals surface area contributed by atoms with Gasteiger partial charge in [0.2, 0.25) is 0 Å². The van der Waals surface area contributed by atoms with Crippen LogP contribution in [0.1, 0.15) is 52.2 Å². The summed E-state index contributed by atoms with van der Waals surface area (Å²) in [6.07, 6.45) is 2.43. The van der Waals surface area contributed by atoms with E-state index in [4.69, 9.17) is 14.2 Å². The van der Waals surface area contributed by atoms with E-state index in [1.165, 1.54) is 19.9 Å². The van der Waals surface area contributed by atoms with Crippen LogP contribution in [-0.2, 0) is 25.6 Å². The van der Waals surface area contributed by atoms with E-state index in [9.17, 15) is 9.59 Å². The van der Waals surface area contributed by atoms with Crippen molar-refractivity contribution in [1.82, 2.24) is 4.90 Å². The summed E-state index contributed by atoms with van der Waals surface area (Å²) in [4.78, 5) is 26.6. The first-order chi connectivity index (χ1) is 12.8. The quantitative estimate of drug-likeness (QED) is 0.393. The summed E-state index contributed by atoms with van der Waals surface area (Å²) in [5.41, 5.74) is 1.63. The molecule has 2 rings (SSSR count). The van der Waals surface area contributed by atoms with Crippen molar-refractivity contribution in [1.29, 1.82) is 0 Å². The van der Waals surface area contributed by atoms with Gasteiger partial charge in [-0.2, -0.15) is 0 Å². The molecule has 0 spiro atoms. The normalized spacial score (nSPS) is 16.1. The highest BCUT2D eigenvalue weighted by Gasteiger charge is 2.38. The molecule has 0 N–H and O–H groups in total. The lowest BCUT2D eigenvalue weighted by Gasteiger charge is -2.29. The molecule has 6 nitrogen and oxygen atoms in total. The number of hydrogen-bond acceptors (Lipinski definition) is 6.